The van der Waals surface area contributed by atoms with E-state index in [0.29, 0.717) is 0 Å². The first-order valence-corrected chi connectivity index (χ1v) is 12.6. The zero-order valence-corrected chi connectivity index (χ0v) is 20.3. The van der Waals surface area contributed by atoms with Gasteiger partial charge in [-0.2, -0.15) is 0 Å². The highest BCUT2D eigenvalue weighted by Gasteiger charge is 2.36. The second-order valence-electron chi connectivity index (χ2n) is 10.6. The molecule has 0 unspecified atom stereocenters. The molecule has 1 aliphatic rings. The summed E-state index contributed by atoms with van der Waals surface area (Å²) in [5.74, 6) is 0. The molecular weight excluding hydrogens is 436 g/mol. The Hall–Kier alpha value is -4.36. The van der Waals surface area contributed by atoms with Gasteiger partial charge in [0.1, 0.15) is 11.2 Å². The number of hydrogen-bond acceptors (Lipinski definition) is 1. The van der Waals surface area contributed by atoms with Gasteiger partial charge in [0.2, 0.25) is 0 Å². The van der Waals surface area contributed by atoms with Crippen LogP contribution in [0, 0.1) is 0 Å². The van der Waals surface area contributed by atoms with Crippen LogP contribution in [0.2, 0.25) is 0 Å². The molecule has 0 bridgehead atoms. The zero-order valence-electron chi connectivity index (χ0n) is 20.3. The van der Waals surface area contributed by atoms with Crippen LogP contribution in [-0.2, 0) is 5.41 Å². The largest absolute Gasteiger partial charge is 0.456 e. The summed E-state index contributed by atoms with van der Waals surface area (Å²) in [6, 6.07) is 39.8. The number of hydrogen-bond donors (Lipinski definition) is 0. The number of benzene rings is 6. The van der Waals surface area contributed by atoms with Crippen LogP contribution >= 0.6 is 0 Å². The third-order valence-electron chi connectivity index (χ3n) is 8.24. The van der Waals surface area contributed by atoms with Crippen molar-refractivity contribution in [3.63, 3.8) is 0 Å². The van der Waals surface area contributed by atoms with Gasteiger partial charge < -0.3 is 4.42 Å². The van der Waals surface area contributed by atoms with E-state index < -0.39 is 0 Å². The topological polar surface area (TPSA) is 13.1 Å². The standard InChI is InChI=1S/C35H24O/c1-35(2)30-14-8-7-13-26(30)34-25-12-6-5-11-24(25)27(20-31(34)35)23-15-16-32-28(18-23)29-17-21-9-3-4-10-22(21)19-33(29)36-32/h3-20H,1-2H3. The minimum Gasteiger partial charge on any atom is -0.456 e. The van der Waals surface area contributed by atoms with Crippen molar-refractivity contribution < 1.29 is 4.42 Å². The average molecular weight is 461 g/mol. The van der Waals surface area contributed by atoms with Crippen molar-refractivity contribution in [3.8, 4) is 22.3 Å². The Morgan fingerprint density at radius 1 is 0.500 bits per heavy atom. The first-order valence-electron chi connectivity index (χ1n) is 12.6. The third-order valence-corrected chi connectivity index (χ3v) is 8.24. The predicted molar refractivity (Wildman–Crippen MR) is 152 cm³/mol. The molecular formula is C35H24O. The molecule has 36 heavy (non-hydrogen) atoms. The first kappa shape index (κ1) is 19.9. The van der Waals surface area contributed by atoms with E-state index in [2.05, 4.69) is 123 Å². The van der Waals surface area contributed by atoms with Crippen molar-refractivity contribution in [2.75, 3.05) is 0 Å². The Morgan fingerprint density at radius 3 is 2.06 bits per heavy atom. The van der Waals surface area contributed by atoms with Crippen LogP contribution in [-0.4, -0.2) is 0 Å². The lowest BCUT2D eigenvalue weighted by Crippen LogP contribution is -2.15. The number of fused-ring (bicyclic) bond motifs is 9. The molecule has 0 atom stereocenters. The van der Waals surface area contributed by atoms with Crippen molar-refractivity contribution in [1.82, 2.24) is 0 Å². The molecule has 0 saturated heterocycles. The fourth-order valence-electron chi connectivity index (χ4n) is 6.42. The van der Waals surface area contributed by atoms with E-state index in [-0.39, 0.29) is 5.41 Å². The van der Waals surface area contributed by atoms with E-state index in [1.54, 1.807) is 0 Å². The van der Waals surface area contributed by atoms with Gasteiger partial charge in [0.05, 0.1) is 0 Å². The molecule has 0 spiro atoms. The molecule has 1 aromatic heterocycles. The number of rotatable bonds is 1. The second-order valence-corrected chi connectivity index (χ2v) is 10.6. The summed E-state index contributed by atoms with van der Waals surface area (Å²) in [5, 5.41) is 7.40. The van der Waals surface area contributed by atoms with Gasteiger partial charge in [-0.1, -0.05) is 92.7 Å². The molecule has 0 N–H and O–H groups in total. The summed E-state index contributed by atoms with van der Waals surface area (Å²) in [4.78, 5) is 0. The van der Waals surface area contributed by atoms with Crippen molar-refractivity contribution in [1.29, 1.82) is 0 Å². The SMILES string of the molecule is CC1(C)c2ccccc2-c2c1cc(-c1ccc3oc4cc5ccccc5cc4c3c1)c1ccccc21. The van der Waals surface area contributed by atoms with Crippen LogP contribution in [0.1, 0.15) is 25.0 Å². The van der Waals surface area contributed by atoms with Gasteiger partial charge in [0, 0.05) is 16.2 Å². The highest BCUT2D eigenvalue weighted by Crippen LogP contribution is 2.53. The monoisotopic (exact) mass is 460 g/mol. The quantitative estimate of drug-likeness (QED) is 0.238. The van der Waals surface area contributed by atoms with Gasteiger partial charge in [-0.25, -0.2) is 0 Å². The van der Waals surface area contributed by atoms with Crippen molar-refractivity contribution in [3.05, 3.63) is 120 Å². The molecule has 8 rings (SSSR count). The van der Waals surface area contributed by atoms with Gasteiger partial charge in [-0.15, -0.1) is 0 Å². The highest BCUT2D eigenvalue weighted by atomic mass is 16.3. The molecule has 7 aromatic rings. The van der Waals surface area contributed by atoms with Gasteiger partial charge in [-0.05, 0) is 85.3 Å². The Labute approximate surface area is 209 Å². The van der Waals surface area contributed by atoms with E-state index >= 15 is 0 Å². The van der Waals surface area contributed by atoms with Crippen LogP contribution in [0.5, 0.6) is 0 Å². The van der Waals surface area contributed by atoms with Crippen LogP contribution in [0.25, 0.3) is 65.7 Å². The lowest BCUT2D eigenvalue weighted by atomic mass is 9.80. The summed E-state index contributed by atoms with van der Waals surface area (Å²) in [7, 11) is 0. The Morgan fingerprint density at radius 2 is 1.19 bits per heavy atom. The molecule has 170 valence electrons. The molecule has 0 aliphatic heterocycles. The van der Waals surface area contributed by atoms with E-state index in [9.17, 15) is 0 Å². The maximum absolute atomic E-state index is 6.29. The van der Waals surface area contributed by atoms with Crippen LogP contribution in [0.4, 0.5) is 0 Å². The smallest absolute Gasteiger partial charge is 0.136 e. The maximum atomic E-state index is 6.29. The van der Waals surface area contributed by atoms with E-state index in [1.165, 1.54) is 65.7 Å². The van der Waals surface area contributed by atoms with Crippen molar-refractivity contribution in [2.24, 2.45) is 0 Å². The predicted octanol–water partition coefficient (Wildman–Crippen LogP) is 9.87. The normalized spacial score (nSPS) is 14.1. The Bertz CT molecular complexity index is 2020. The number of furan rings is 1. The van der Waals surface area contributed by atoms with Crippen LogP contribution < -0.4 is 0 Å². The fraction of sp³-hybridized carbons (Fsp3) is 0.0857. The van der Waals surface area contributed by atoms with Crippen molar-refractivity contribution in [2.45, 2.75) is 19.3 Å². The second kappa shape index (κ2) is 6.86. The maximum Gasteiger partial charge on any atom is 0.136 e. The molecule has 0 amide bonds. The summed E-state index contributed by atoms with van der Waals surface area (Å²) in [6.45, 7) is 4.71. The highest BCUT2D eigenvalue weighted by molar-refractivity contribution is 6.13. The van der Waals surface area contributed by atoms with Gasteiger partial charge in [0.15, 0.2) is 0 Å². The third kappa shape index (κ3) is 2.55. The van der Waals surface area contributed by atoms with Gasteiger partial charge in [-0.3, -0.25) is 0 Å². The summed E-state index contributed by atoms with van der Waals surface area (Å²) < 4.78 is 6.29. The van der Waals surface area contributed by atoms with Crippen molar-refractivity contribution >= 4 is 43.5 Å². The lowest BCUT2D eigenvalue weighted by Gasteiger charge is -2.23. The van der Waals surface area contributed by atoms with E-state index in [4.69, 9.17) is 4.42 Å². The molecule has 0 radical (unpaired) electrons. The average Bonchev–Trinajstić information content (AvgIpc) is 3.38. The molecule has 1 heterocycles. The van der Waals surface area contributed by atoms with E-state index in [0.717, 1.165) is 11.2 Å². The molecule has 1 nitrogen and oxygen atoms in total. The molecule has 0 saturated carbocycles. The van der Waals surface area contributed by atoms with E-state index in [1.807, 2.05) is 0 Å². The van der Waals surface area contributed by atoms with Crippen LogP contribution in [0.3, 0.4) is 0 Å². The molecule has 1 heteroatoms. The Kier molecular flexibility index (Phi) is 3.79. The minimum atomic E-state index is -0.0456. The minimum absolute atomic E-state index is 0.0456. The first-order chi connectivity index (χ1) is 17.6. The van der Waals surface area contributed by atoms with Gasteiger partial charge in [0.25, 0.3) is 0 Å². The molecule has 0 fully saturated rings. The summed E-state index contributed by atoms with van der Waals surface area (Å²) >= 11 is 0. The zero-order chi connectivity index (χ0) is 24.0. The van der Waals surface area contributed by atoms with Crippen LogP contribution in [0.15, 0.2) is 114 Å². The fourth-order valence-corrected chi connectivity index (χ4v) is 6.42. The van der Waals surface area contributed by atoms with Gasteiger partial charge >= 0.3 is 0 Å². The Balaban J connectivity index is 1.43. The molecule has 6 aromatic carbocycles. The molecule has 1 aliphatic carbocycles. The lowest BCUT2D eigenvalue weighted by molar-refractivity contribution is 0.661. The summed E-state index contributed by atoms with van der Waals surface area (Å²) in [6.07, 6.45) is 0. The summed E-state index contributed by atoms with van der Waals surface area (Å²) in [5.41, 5.74) is 9.89.